The number of hydrogen-bond acceptors (Lipinski definition) is 10. The van der Waals surface area contributed by atoms with Crippen LogP contribution in [0.25, 0.3) is 0 Å². The molecule has 8 atom stereocenters. The van der Waals surface area contributed by atoms with Crippen molar-refractivity contribution in [2.75, 3.05) is 13.2 Å². The molecule has 1 saturated heterocycles. The molecule has 1 fully saturated rings. The number of aliphatic hydroxyl groups excluding tert-OH is 5. The third-order valence-electron chi connectivity index (χ3n) is 14.8. The Labute approximate surface area is 500 Å². The molecule has 11 nitrogen and oxygen atoms in total. The summed E-state index contributed by atoms with van der Waals surface area (Å²) in [6, 6.07) is -1.06. The van der Waals surface area contributed by atoms with Crippen molar-refractivity contribution in [3.05, 3.63) is 122 Å². The van der Waals surface area contributed by atoms with Crippen molar-refractivity contribution in [1.82, 2.24) is 5.32 Å². The maximum Gasteiger partial charge on any atom is 0.306 e. The molecule has 0 spiro atoms. The number of carbonyl (C=O) groups excluding carboxylic acids is 2. The van der Waals surface area contributed by atoms with E-state index in [1.165, 1.54) is 122 Å². The van der Waals surface area contributed by atoms with Crippen molar-refractivity contribution < 1.29 is 49.3 Å². The summed E-state index contributed by atoms with van der Waals surface area (Å²) in [4.78, 5) is 26.6. The summed E-state index contributed by atoms with van der Waals surface area (Å²) < 4.78 is 17.6. The second kappa shape index (κ2) is 57.5. The minimum absolute atomic E-state index is 0.109. The molecule has 8 unspecified atom stereocenters. The van der Waals surface area contributed by atoms with Crippen molar-refractivity contribution in [2.24, 2.45) is 0 Å². The molecule has 468 valence electrons. The standard InChI is InChI=1S/C71H119NO10/c1-4-7-10-13-16-19-22-25-27-29-30-31-32-33-34-35-36-37-39-41-44-47-50-53-56-59-66(76)82-69-68(78)67(77)65(60-73)81-71(69)80-61-62(63(74)57-54-51-48-45-42-24-21-18-15-12-9-6-3)72-70(79)64(75)58-55-52-49-46-43-40-38-28-26-23-20-17-14-11-8-5-2/h8,11,14,16-17,19-20,23,25-28,30-31,38,40,43,46,54,57,62-65,67-69,71,73-75,77-78H,4-7,9-10,12-13,15,18,21-22,24,29,32-37,39,41-42,44-45,47-53,55-56,58-61H2,1-3H3,(H,72,79)/b11-8-,17-14+,19-16-,23-20+,27-25-,28-26-,31-30-,40-38+,46-43+,57-54+. The largest absolute Gasteiger partial charge is 0.454 e. The first-order valence-electron chi connectivity index (χ1n) is 32.9. The summed E-state index contributed by atoms with van der Waals surface area (Å²) >= 11 is 0. The second-order valence-corrected chi connectivity index (χ2v) is 22.3. The molecule has 0 radical (unpaired) electrons. The highest BCUT2D eigenvalue weighted by Crippen LogP contribution is 2.26. The van der Waals surface area contributed by atoms with E-state index < -0.39 is 67.4 Å². The van der Waals surface area contributed by atoms with Crippen molar-refractivity contribution in [3.8, 4) is 0 Å². The van der Waals surface area contributed by atoms with Crippen LogP contribution in [0, 0.1) is 0 Å². The lowest BCUT2D eigenvalue weighted by atomic mass is 9.99. The Morgan fingerprint density at radius 1 is 0.500 bits per heavy atom. The summed E-state index contributed by atoms with van der Waals surface area (Å²) in [5, 5.41) is 57.0. The molecule has 82 heavy (non-hydrogen) atoms. The Balaban J connectivity index is 2.63. The lowest BCUT2D eigenvalue weighted by Gasteiger charge is -2.41. The fourth-order valence-corrected chi connectivity index (χ4v) is 9.57. The van der Waals surface area contributed by atoms with Crippen LogP contribution in [-0.4, -0.2) is 99.6 Å². The van der Waals surface area contributed by atoms with Crippen LogP contribution in [0.15, 0.2) is 122 Å². The van der Waals surface area contributed by atoms with Gasteiger partial charge < -0.3 is 45.1 Å². The molecule has 1 aliphatic heterocycles. The van der Waals surface area contributed by atoms with Gasteiger partial charge in [-0.25, -0.2) is 0 Å². The summed E-state index contributed by atoms with van der Waals surface area (Å²) in [6.07, 6.45) is 69.5. The molecule has 0 saturated carbocycles. The summed E-state index contributed by atoms with van der Waals surface area (Å²) in [5.74, 6) is -1.25. The number of allylic oxidation sites excluding steroid dienone is 19. The van der Waals surface area contributed by atoms with E-state index in [0.717, 1.165) is 83.5 Å². The van der Waals surface area contributed by atoms with E-state index in [9.17, 15) is 35.1 Å². The summed E-state index contributed by atoms with van der Waals surface area (Å²) in [6.45, 7) is 5.58. The van der Waals surface area contributed by atoms with Gasteiger partial charge in [0.25, 0.3) is 0 Å². The topological polar surface area (TPSA) is 175 Å². The number of rotatable bonds is 54. The van der Waals surface area contributed by atoms with E-state index in [0.29, 0.717) is 12.8 Å². The van der Waals surface area contributed by atoms with Crippen LogP contribution in [0.4, 0.5) is 0 Å². The molecular weight excluding hydrogens is 1030 g/mol. The third-order valence-corrected chi connectivity index (χ3v) is 14.8. The lowest BCUT2D eigenvalue weighted by molar-refractivity contribution is -0.305. The van der Waals surface area contributed by atoms with Crippen LogP contribution in [0.2, 0.25) is 0 Å². The smallest absolute Gasteiger partial charge is 0.306 e. The normalized spacial score (nSPS) is 19.4. The Kier molecular flexibility index (Phi) is 53.3. The SMILES string of the molecule is CC\C=C/C=C/C=C/C=C\C=C\C=C\CCCCC(O)C(=O)NC(COC1OC(CO)C(O)C(O)C1OC(=O)CCCCCCCCCCCCCC/C=C\C/C=C\C/C=C\CCCCC)C(O)/C=C/CCCCCCCCCCCC. The van der Waals surface area contributed by atoms with Crippen LogP contribution in [0.5, 0.6) is 0 Å². The fraction of sp³-hybridized carbons (Fsp3) is 0.690. The zero-order chi connectivity index (χ0) is 59.6. The molecule has 6 N–H and O–H groups in total. The van der Waals surface area contributed by atoms with Crippen LogP contribution >= 0.6 is 0 Å². The quantitative estimate of drug-likeness (QED) is 0.0149. The van der Waals surface area contributed by atoms with Gasteiger partial charge in [0.15, 0.2) is 12.4 Å². The Morgan fingerprint density at radius 2 is 0.927 bits per heavy atom. The van der Waals surface area contributed by atoms with Gasteiger partial charge in [0.05, 0.1) is 25.4 Å². The van der Waals surface area contributed by atoms with Crippen LogP contribution in [0.1, 0.15) is 252 Å². The van der Waals surface area contributed by atoms with E-state index in [1.807, 2.05) is 72.9 Å². The molecular formula is C71H119NO10. The highest BCUT2D eigenvalue weighted by molar-refractivity contribution is 5.80. The van der Waals surface area contributed by atoms with Gasteiger partial charge in [0, 0.05) is 6.42 Å². The van der Waals surface area contributed by atoms with Gasteiger partial charge in [-0.2, -0.15) is 0 Å². The van der Waals surface area contributed by atoms with Crippen LogP contribution in [-0.2, 0) is 23.8 Å². The average molecular weight is 1150 g/mol. The Morgan fingerprint density at radius 3 is 1.45 bits per heavy atom. The lowest BCUT2D eigenvalue weighted by Crippen LogP contribution is -2.61. The monoisotopic (exact) mass is 1150 g/mol. The molecule has 0 aromatic carbocycles. The predicted octanol–water partition coefficient (Wildman–Crippen LogP) is 16.2. The first kappa shape index (κ1) is 76.1. The Hall–Kier alpha value is -3.94. The van der Waals surface area contributed by atoms with Gasteiger partial charge in [-0.3, -0.25) is 9.59 Å². The van der Waals surface area contributed by atoms with Crippen molar-refractivity contribution >= 4 is 11.9 Å². The van der Waals surface area contributed by atoms with E-state index >= 15 is 0 Å². The van der Waals surface area contributed by atoms with Crippen LogP contribution < -0.4 is 5.32 Å². The van der Waals surface area contributed by atoms with Crippen molar-refractivity contribution in [2.45, 2.75) is 301 Å². The maximum atomic E-state index is 13.4. The molecule has 0 aromatic rings. The molecule has 1 aliphatic rings. The summed E-state index contributed by atoms with van der Waals surface area (Å²) in [7, 11) is 0. The molecule has 1 rings (SSSR count). The number of hydrogen-bond donors (Lipinski definition) is 6. The van der Waals surface area contributed by atoms with E-state index in [-0.39, 0.29) is 19.4 Å². The third kappa shape index (κ3) is 44.6. The van der Waals surface area contributed by atoms with Gasteiger partial charge in [-0.15, -0.1) is 0 Å². The van der Waals surface area contributed by atoms with E-state index in [2.05, 4.69) is 68.6 Å². The first-order chi connectivity index (χ1) is 40.2. The van der Waals surface area contributed by atoms with Gasteiger partial charge in [-0.05, 0) is 83.5 Å². The average Bonchev–Trinajstić information content (AvgIpc) is 3.68. The number of esters is 1. The Bertz CT molecular complexity index is 1800. The van der Waals surface area contributed by atoms with Gasteiger partial charge in [-0.1, -0.05) is 284 Å². The number of unbranched alkanes of at least 4 members (excludes halogenated alkanes) is 27. The molecule has 0 bridgehead atoms. The molecule has 0 aliphatic carbocycles. The molecule has 1 amide bonds. The highest BCUT2D eigenvalue weighted by Gasteiger charge is 2.47. The second-order valence-electron chi connectivity index (χ2n) is 22.3. The molecule has 0 aromatic heterocycles. The van der Waals surface area contributed by atoms with Crippen LogP contribution in [0.3, 0.4) is 0 Å². The van der Waals surface area contributed by atoms with E-state index in [4.69, 9.17) is 14.2 Å². The van der Waals surface area contributed by atoms with Crippen molar-refractivity contribution in [3.63, 3.8) is 0 Å². The number of amides is 1. The fourth-order valence-electron chi connectivity index (χ4n) is 9.57. The zero-order valence-corrected chi connectivity index (χ0v) is 51.8. The van der Waals surface area contributed by atoms with Gasteiger partial charge >= 0.3 is 5.97 Å². The predicted molar refractivity (Wildman–Crippen MR) is 342 cm³/mol. The minimum Gasteiger partial charge on any atom is -0.454 e. The van der Waals surface area contributed by atoms with Crippen molar-refractivity contribution in [1.29, 1.82) is 0 Å². The summed E-state index contributed by atoms with van der Waals surface area (Å²) in [5.41, 5.74) is 0. The minimum atomic E-state index is -1.63. The number of aliphatic hydroxyl groups is 5. The molecule has 1 heterocycles. The highest BCUT2D eigenvalue weighted by atomic mass is 16.7. The van der Waals surface area contributed by atoms with E-state index in [1.54, 1.807) is 6.08 Å². The number of carbonyl (C=O) groups is 2. The first-order valence-corrected chi connectivity index (χ1v) is 32.9. The number of nitrogens with one attached hydrogen (secondary N) is 1. The maximum absolute atomic E-state index is 13.4. The van der Waals surface area contributed by atoms with Gasteiger partial charge in [0.2, 0.25) is 5.91 Å². The molecule has 11 heteroatoms. The van der Waals surface area contributed by atoms with Gasteiger partial charge in [0.1, 0.15) is 24.4 Å². The number of ether oxygens (including phenoxy) is 3. The zero-order valence-electron chi connectivity index (χ0n) is 51.8.